The molecule has 2 saturated carbocycles. The molecule has 188 valence electrons. The van der Waals surface area contributed by atoms with Gasteiger partial charge in [0, 0.05) is 12.7 Å². The predicted molar refractivity (Wildman–Crippen MR) is 138 cm³/mol. The van der Waals surface area contributed by atoms with E-state index in [2.05, 4.69) is 36.9 Å². The molecule has 4 rings (SSSR count). The molecular weight excluding hydrogens is 439 g/mol. The first-order valence-electron chi connectivity index (χ1n) is 13.4. The molecule has 3 nitrogen and oxygen atoms in total. The van der Waals surface area contributed by atoms with Crippen LogP contribution in [0.5, 0.6) is 0 Å². The van der Waals surface area contributed by atoms with E-state index >= 15 is 4.39 Å². The number of aliphatic hydroxyl groups is 1. The van der Waals surface area contributed by atoms with E-state index in [-0.39, 0.29) is 24.9 Å². The van der Waals surface area contributed by atoms with Crippen LogP contribution in [0.4, 0.5) is 4.39 Å². The number of ether oxygens (including phenoxy) is 1. The molecule has 0 aliphatic heterocycles. The molecule has 0 amide bonds. The second-order valence-electron chi connectivity index (χ2n) is 10.3. The SMILES string of the molecule is C=CC(=O)OCc1cc(C2CCC(c3ccc(C4CCCCC4)cc3F)CC2)ccc1CCCO. The predicted octanol–water partition coefficient (Wildman–Crippen LogP) is 7.47. The Morgan fingerprint density at radius 3 is 2.26 bits per heavy atom. The summed E-state index contributed by atoms with van der Waals surface area (Å²) in [5.74, 6) is 0.792. The molecule has 2 aromatic rings. The topological polar surface area (TPSA) is 46.5 Å². The van der Waals surface area contributed by atoms with Gasteiger partial charge in [0.2, 0.25) is 0 Å². The van der Waals surface area contributed by atoms with Crippen LogP contribution < -0.4 is 0 Å². The van der Waals surface area contributed by atoms with Crippen molar-refractivity contribution in [1.29, 1.82) is 0 Å². The maximum Gasteiger partial charge on any atom is 0.330 e. The van der Waals surface area contributed by atoms with Gasteiger partial charge in [0.1, 0.15) is 12.4 Å². The molecule has 0 unspecified atom stereocenters. The Labute approximate surface area is 209 Å². The lowest BCUT2D eigenvalue weighted by Gasteiger charge is -2.30. The Morgan fingerprint density at radius 2 is 1.57 bits per heavy atom. The van der Waals surface area contributed by atoms with Gasteiger partial charge in [-0.15, -0.1) is 0 Å². The zero-order chi connectivity index (χ0) is 24.6. The molecule has 0 radical (unpaired) electrons. The molecule has 0 spiro atoms. The molecule has 0 aromatic heterocycles. The van der Waals surface area contributed by atoms with Crippen molar-refractivity contribution in [2.45, 2.75) is 95.0 Å². The van der Waals surface area contributed by atoms with Crippen molar-refractivity contribution in [1.82, 2.24) is 0 Å². The van der Waals surface area contributed by atoms with Gasteiger partial charge in [-0.2, -0.15) is 0 Å². The first-order valence-corrected chi connectivity index (χ1v) is 13.4. The second-order valence-corrected chi connectivity index (χ2v) is 10.3. The van der Waals surface area contributed by atoms with Gasteiger partial charge < -0.3 is 9.84 Å². The number of esters is 1. The second kappa shape index (κ2) is 12.5. The normalized spacial score (nSPS) is 21.0. The number of benzene rings is 2. The summed E-state index contributed by atoms with van der Waals surface area (Å²) in [6.45, 7) is 3.82. The first-order chi connectivity index (χ1) is 17.1. The highest BCUT2D eigenvalue weighted by Gasteiger charge is 2.26. The van der Waals surface area contributed by atoms with E-state index < -0.39 is 5.97 Å². The Morgan fingerprint density at radius 1 is 0.914 bits per heavy atom. The fourth-order valence-electron chi connectivity index (χ4n) is 6.06. The third-order valence-corrected chi connectivity index (χ3v) is 8.11. The Balaban J connectivity index is 1.41. The number of carbonyl (C=O) groups is 1. The Bertz CT molecular complexity index is 1000. The van der Waals surface area contributed by atoms with Gasteiger partial charge in [0.15, 0.2) is 0 Å². The monoisotopic (exact) mass is 478 g/mol. The van der Waals surface area contributed by atoms with E-state index in [1.807, 2.05) is 6.07 Å². The van der Waals surface area contributed by atoms with Crippen LogP contribution in [-0.4, -0.2) is 17.7 Å². The number of hydrogen-bond acceptors (Lipinski definition) is 3. The lowest BCUT2D eigenvalue weighted by molar-refractivity contribution is -0.139. The lowest BCUT2D eigenvalue weighted by atomic mass is 9.75. The van der Waals surface area contributed by atoms with Crippen molar-refractivity contribution in [2.24, 2.45) is 0 Å². The van der Waals surface area contributed by atoms with Gasteiger partial charge in [-0.25, -0.2) is 9.18 Å². The third-order valence-electron chi connectivity index (χ3n) is 8.11. The van der Waals surface area contributed by atoms with E-state index in [4.69, 9.17) is 4.74 Å². The van der Waals surface area contributed by atoms with Gasteiger partial charge >= 0.3 is 5.97 Å². The average molecular weight is 479 g/mol. The van der Waals surface area contributed by atoms with Crippen molar-refractivity contribution in [3.05, 3.63) is 82.7 Å². The summed E-state index contributed by atoms with van der Waals surface area (Å²) in [6.07, 6.45) is 12.8. The lowest BCUT2D eigenvalue weighted by Crippen LogP contribution is -2.14. The number of hydrogen-bond donors (Lipinski definition) is 1. The van der Waals surface area contributed by atoms with Crippen LogP contribution >= 0.6 is 0 Å². The highest BCUT2D eigenvalue weighted by molar-refractivity contribution is 5.81. The molecule has 0 atom stereocenters. The third kappa shape index (κ3) is 6.61. The van der Waals surface area contributed by atoms with Crippen LogP contribution in [0.25, 0.3) is 0 Å². The van der Waals surface area contributed by atoms with Gasteiger partial charge in [-0.05, 0) is 103 Å². The van der Waals surface area contributed by atoms with Crippen molar-refractivity contribution in [2.75, 3.05) is 6.61 Å². The molecule has 2 aromatic carbocycles. The maximum atomic E-state index is 15.1. The van der Waals surface area contributed by atoms with Crippen molar-refractivity contribution >= 4 is 5.97 Å². The molecule has 2 aliphatic carbocycles. The smallest absolute Gasteiger partial charge is 0.330 e. The largest absolute Gasteiger partial charge is 0.458 e. The molecule has 4 heteroatoms. The Hall–Kier alpha value is -2.46. The van der Waals surface area contributed by atoms with E-state index in [0.717, 1.165) is 48.8 Å². The van der Waals surface area contributed by atoms with Crippen molar-refractivity contribution in [3.63, 3.8) is 0 Å². The van der Waals surface area contributed by atoms with Gasteiger partial charge in [0.05, 0.1) is 0 Å². The van der Waals surface area contributed by atoms with Crippen LogP contribution in [0.3, 0.4) is 0 Å². The van der Waals surface area contributed by atoms with E-state index in [1.54, 1.807) is 0 Å². The van der Waals surface area contributed by atoms with Gasteiger partial charge in [0.25, 0.3) is 0 Å². The van der Waals surface area contributed by atoms with Gasteiger partial charge in [-0.1, -0.05) is 56.2 Å². The number of rotatable bonds is 9. The number of carbonyl (C=O) groups excluding carboxylic acids is 1. The van der Waals surface area contributed by atoms with Crippen LogP contribution in [0.2, 0.25) is 0 Å². The van der Waals surface area contributed by atoms with Crippen LogP contribution in [0.15, 0.2) is 49.1 Å². The standard InChI is InChI=1S/C31H39FO3/c1-2-31(34)35-21-28-19-26(15-12-23(28)9-6-18-33)24-10-13-25(14-11-24)29-17-16-27(20-30(29)32)22-7-4-3-5-8-22/h2,12,15-17,19-20,22,24-25,33H,1,3-11,13-14,18,21H2. The summed E-state index contributed by atoms with van der Waals surface area (Å²) in [5.41, 5.74) is 5.44. The quantitative estimate of drug-likeness (QED) is 0.300. The summed E-state index contributed by atoms with van der Waals surface area (Å²) in [4.78, 5) is 11.6. The molecule has 2 fully saturated rings. The molecular formula is C31H39FO3. The molecule has 35 heavy (non-hydrogen) atoms. The molecule has 0 bridgehead atoms. The summed E-state index contributed by atoms with van der Waals surface area (Å²) in [5, 5.41) is 9.23. The fraction of sp³-hybridized carbons (Fsp3) is 0.516. The van der Waals surface area contributed by atoms with Crippen LogP contribution in [0, 0.1) is 5.82 Å². The summed E-state index contributed by atoms with van der Waals surface area (Å²) < 4.78 is 20.4. The number of halogens is 1. The first kappa shape index (κ1) is 25.6. The minimum atomic E-state index is -0.430. The highest BCUT2D eigenvalue weighted by atomic mass is 19.1. The fourth-order valence-corrected chi connectivity index (χ4v) is 6.06. The molecule has 1 N–H and O–H groups in total. The van der Waals surface area contributed by atoms with E-state index in [9.17, 15) is 9.90 Å². The minimum absolute atomic E-state index is 0.0175. The molecule has 0 heterocycles. The Kier molecular flexibility index (Phi) is 9.14. The highest BCUT2D eigenvalue weighted by Crippen LogP contribution is 2.42. The summed E-state index contributed by atoms with van der Waals surface area (Å²) in [6, 6.07) is 12.5. The maximum absolute atomic E-state index is 15.1. The van der Waals surface area contributed by atoms with Crippen LogP contribution in [-0.2, 0) is 22.6 Å². The number of aliphatic hydroxyl groups excluding tert-OH is 1. The molecule has 2 aliphatic rings. The van der Waals surface area contributed by atoms with Gasteiger partial charge in [-0.3, -0.25) is 0 Å². The van der Waals surface area contributed by atoms with E-state index in [1.165, 1.54) is 49.3 Å². The van der Waals surface area contributed by atoms with Crippen LogP contribution in [0.1, 0.15) is 110 Å². The zero-order valence-electron chi connectivity index (χ0n) is 20.8. The summed E-state index contributed by atoms with van der Waals surface area (Å²) in [7, 11) is 0. The average Bonchev–Trinajstić information content (AvgIpc) is 2.91. The van der Waals surface area contributed by atoms with Crippen molar-refractivity contribution < 1.29 is 19.0 Å². The van der Waals surface area contributed by atoms with Crippen molar-refractivity contribution in [3.8, 4) is 0 Å². The minimum Gasteiger partial charge on any atom is -0.458 e. The van der Waals surface area contributed by atoms with E-state index in [0.29, 0.717) is 18.3 Å². The zero-order valence-corrected chi connectivity index (χ0v) is 20.8. The summed E-state index contributed by atoms with van der Waals surface area (Å²) >= 11 is 0. The molecule has 0 saturated heterocycles. The number of aryl methyl sites for hydroxylation is 1.